The number of hydrogen-bond acceptors (Lipinski definition) is 3. The van der Waals surface area contributed by atoms with E-state index < -0.39 is 0 Å². The molecule has 1 aromatic rings. The van der Waals surface area contributed by atoms with Crippen molar-refractivity contribution in [2.75, 3.05) is 0 Å². The zero-order valence-corrected chi connectivity index (χ0v) is 8.92. The van der Waals surface area contributed by atoms with Crippen LogP contribution >= 0.6 is 0 Å². The summed E-state index contributed by atoms with van der Waals surface area (Å²) < 4.78 is 5.40. The van der Waals surface area contributed by atoms with Gasteiger partial charge in [-0.25, -0.2) is 0 Å². The highest BCUT2D eigenvalue weighted by molar-refractivity contribution is 5.19. The van der Waals surface area contributed by atoms with Gasteiger partial charge in [-0.15, -0.1) is 0 Å². The molecule has 14 heavy (non-hydrogen) atoms. The summed E-state index contributed by atoms with van der Waals surface area (Å²) in [5.74, 6) is 1.89. The maximum Gasteiger partial charge on any atom is 0.105 e. The SMILES string of the molecule is Cc1cc(CNC(C)CC#N)c(C)o1. The Hall–Kier alpha value is -1.27. The maximum atomic E-state index is 8.48. The number of rotatable bonds is 4. The van der Waals surface area contributed by atoms with Crippen LogP contribution in [0.2, 0.25) is 0 Å². The lowest BCUT2D eigenvalue weighted by atomic mass is 10.2. The van der Waals surface area contributed by atoms with Gasteiger partial charge in [-0.05, 0) is 26.8 Å². The fraction of sp³-hybridized carbons (Fsp3) is 0.545. The second kappa shape index (κ2) is 4.83. The van der Waals surface area contributed by atoms with Crippen LogP contribution in [0.4, 0.5) is 0 Å². The average Bonchev–Trinajstić information content (AvgIpc) is 2.42. The first-order chi connectivity index (χ1) is 6.63. The molecule has 1 unspecified atom stereocenters. The number of hydrogen-bond donors (Lipinski definition) is 1. The summed E-state index contributed by atoms with van der Waals surface area (Å²) in [6.45, 7) is 6.67. The fourth-order valence-electron chi connectivity index (χ4n) is 1.35. The lowest BCUT2D eigenvalue weighted by molar-refractivity contribution is 0.494. The highest BCUT2D eigenvalue weighted by Crippen LogP contribution is 2.13. The van der Waals surface area contributed by atoms with E-state index in [4.69, 9.17) is 9.68 Å². The molecule has 0 fully saturated rings. The van der Waals surface area contributed by atoms with Crippen molar-refractivity contribution < 1.29 is 4.42 Å². The monoisotopic (exact) mass is 192 g/mol. The predicted molar refractivity (Wildman–Crippen MR) is 54.7 cm³/mol. The van der Waals surface area contributed by atoms with Crippen molar-refractivity contribution in [1.29, 1.82) is 5.26 Å². The van der Waals surface area contributed by atoms with E-state index >= 15 is 0 Å². The van der Waals surface area contributed by atoms with Crippen LogP contribution in [-0.2, 0) is 6.54 Å². The Morgan fingerprint density at radius 3 is 2.79 bits per heavy atom. The third-order valence-corrected chi connectivity index (χ3v) is 2.18. The highest BCUT2D eigenvalue weighted by atomic mass is 16.3. The van der Waals surface area contributed by atoms with Gasteiger partial charge in [-0.2, -0.15) is 5.26 Å². The van der Waals surface area contributed by atoms with Gasteiger partial charge in [0.15, 0.2) is 0 Å². The van der Waals surface area contributed by atoms with E-state index in [1.165, 1.54) is 5.56 Å². The Balaban J connectivity index is 2.46. The molecule has 0 amide bonds. The van der Waals surface area contributed by atoms with Crippen molar-refractivity contribution in [3.63, 3.8) is 0 Å². The average molecular weight is 192 g/mol. The summed E-state index contributed by atoms with van der Waals surface area (Å²) in [6.07, 6.45) is 0.538. The first-order valence-corrected chi connectivity index (χ1v) is 4.79. The second-order valence-corrected chi connectivity index (χ2v) is 3.58. The van der Waals surface area contributed by atoms with Crippen LogP contribution in [0.5, 0.6) is 0 Å². The van der Waals surface area contributed by atoms with Crippen LogP contribution in [0.1, 0.15) is 30.4 Å². The molecule has 0 aliphatic heterocycles. The summed E-state index contributed by atoms with van der Waals surface area (Å²) in [4.78, 5) is 0. The van der Waals surface area contributed by atoms with E-state index in [1.807, 2.05) is 26.8 Å². The van der Waals surface area contributed by atoms with Crippen LogP contribution in [0, 0.1) is 25.2 Å². The first kappa shape index (κ1) is 10.8. The minimum atomic E-state index is 0.231. The molecule has 76 valence electrons. The molecule has 1 heterocycles. The molecule has 3 nitrogen and oxygen atoms in total. The minimum Gasteiger partial charge on any atom is -0.466 e. The van der Waals surface area contributed by atoms with Crippen molar-refractivity contribution in [3.8, 4) is 6.07 Å². The molecule has 0 bridgehead atoms. The second-order valence-electron chi connectivity index (χ2n) is 3.58. The van der Waals surface area contributed by atoms with E-state index in [-0.39, 0.29) is 6.04 Å². The summed E-state index contributed by atoms with van der Waals surface area (Å²) in [6, 6.07) is 4.40. The van der Waals surface area contributed by atoms with Crippen molar-refractivity contribution >= 4 is 0 Å². The molecular weight excluding hydrogens is 176 g/mol. The molecule has 0 aromatic carbocycles. The molecule has 0 aliphatic carbocycles. The van der Waals surface area contributed by atoms with E-state index in [1.54, 1.807) is 0 Å². The van der Waals surface area contributed by atoms with Gasteiger partial charge in [0.1, 0.15) is 11.5 Å². The van der Waals surface area contributed by atoms with Crippen LogP contribution in [-0.4, -0.2) is 6.04 Å². The third-order valence-electron chi connectivity index (χ3n) is 2.18. The molecule has 0 saturated carbocycles. The maximum absolute atomic E-state index is 8.48. The molecule has 1 atom stereocenters. The molecule has 0 saturated heterocycles. The van der Waals surface area contributed by atoms with Crippen molar-refractivity contribution in [2.45, 2.75) is 39.8 Å². The highest BCUT2D eigenvalue weighted by Gasteiger charge is 2.06. The van der Waals surface area contributed by atoms with Crippen LogP contribution in [0.3, 0.4) is 0 Å². The topological polar surface area (TPSA) is 49.0 Å². The predicted octanol–water partition coefficient (Wildman–Crippen LogP) is 2.29. The molecule has 3 heteroatoms. The quantitative estimate of drug-likeness (QED) is 0.796. The van der Waals surface area contributed by atoms with Crippen LogP contribution in [0.25, 0.3) is 0 Å². The van der Waals surface area contributed by atoms with Gasteiger partial charge in [0.2, 0.25) is 0 Å². The smallest absolute Gasteiger partial charge is 0.105 e. The number of furan rings is 1. The number of nitrogens with one attached hydrogen (secondary N) is 1. The van der Waals surface area contributed by atoms with Crippen LogP contribution < -0.4 is 5.32 Å². The van der Waals surface area contributed by atoms with Gasteiger partial charge in [0.25, 0.3) is 0 Å². The lowest BCUT2D eigenvalue weighted by Gasteiger charge is -2.08. The fourth-order valence-corrected chi connectivity index (χ4v) is 1.35. The third kappa shape index (κ3) is 2.90. The Bertz CT molecular complexity index is 336. The Labute approximate surface area is 84.7 Å². The zero-order valence-electron chi connectivity index (χ0n) is 8.92. The molecule has 0 aliphatic rings. The number of nitriles is 1. The van der Waals surface area contributed by atoms with Gasteiger partial charge in [-0.3, -0.25) is 0 Å². The van der Waals surface area contributed by atoms with E-state index in [9.17, 15) is 0 Å². The van der Waals surface area contributed by atoms with Gasteiger partial charge >= 0.3 is 0 Å². The summed E-state index contributed by atoms with van der Waals surface area (Å²) in [5, 5.41) is 11.8. The van der Waals surface area contributed by atoms with E-state index in [0.29, 0.717) is 6.42 Å². The van der Waals surface area contributed by atoms with Gasteiger partial charge in [0.05, 0.1) is 12.5 Å². The van der Waals surface area contributed by atoms with Crippen molar-refractivity contribution in [2.24, 2.45) is 0 Å². The summed E-state index contributed by atoms with van der Waals surface area (Å²) >= 11 is 0. The molecular formula is C11H16N2O. The Kier molecular flexibility index (Phi) is 3.73. The van der Waals surface area contributed by atoms with Crippen molar-refractivity contribution in [1.82, 2.24) is 5.32 Å². The lowest BCUT2D eigenvalue weighted by Crippen LogP contribution is -2.24. The molecule has 1 rings (SSSR count). The van der Waals surface area contributed by atoms with Gasteiger partial charge < -0.3 is 9.73 Å². The van der Waals surface area contributed by atoms with Crippen LogP contribution in [0.15, 0.2) is 10.5 Å². The Morgan fingerprint density at radius 1 is 1.57 bits per heavy atom. The van der Waals surface area contributed by atoms with E-state index in [2.05, 4.69) is 11.4 Å². The van der Waals surface area contributed by atoms with Gasteiger partial charge in [-0.1, -0.05) is 0 Å². The van der Waals surface area contributed by atoms with Crippen molar-refractivity contribution in [3.05, 3.63) is 23.2 Å². The summed E-state index contributed by atoms with van der Waals surface area (Å²) in [7, 11) is 0. The molecule has 1 aromatic heterocycles. The normalized spacial score (nSPS) is 12.4. The van der Waals surface area contributed by atoms with Gasteiger partial charge in [0, 0.05) is 18.2 Å². The molecule has 0 radical (unpaired) electrons. The first-order valence-electron chi connectivity index (χ1n) is 4.79. The largest absolute Gasteiger partial charge is 0.466 e. The van der Waals surface area contributed by atoms with E-state index in [0.717, 1.165) is 18.1 Å². The standard InChI is InChI=1S/C11H16N2O/c1-8(4-5-12)13-7-11-6-9(2)14-10(11)3/h6,8,13H,4,7H2,1-3H3. The molecule has 1 N–H and O–H groups in total. The Morgan fingerprint density at radius 2 is 2.29 bits per heavy atom. The zero-order chi connectivity index (χ0) is 10.6. The minimum absolute atomic E-state index is 0.231. The summed E-state index contributed by atoms with van der Waals surface area (Å²) in [5.41, 5.74) is 1.17. The number of nitrogens with zero attached hydrogens (tertiary/aromatic N) is 1. The number of aryl methyl sites for hydroxylation is 2. The molecule has 0 spiro atoms.